The van der Waals surface area contributed by atoms with Crippen LogP contribution in [-0.4, -0.2) is 95.5 Å². The van der Waals surface area contributed by atoms with Crippen molar-refractivity contribution in [3.8, 4) is 17.0 Å². The number of nitrogens with one attached hydrogen (secondary N) is 1. The molecule has 2 atom stereocenters. The van der Waals surface area contributed by atoms with Crippen LogP contribution in [0.3, 0.4) is 0 Å². The lowest BCUT2D eigenvalue weighted by Crippen LogP contribution is -2.48. The molecule has 1 aliphatic carbocycles. The van der Waals surface area contributed by atoms with Crippen LogP contribution >= 0.6 is 0 Å². The lowest BCUT2D eigenvalue weighted by Gasteiger charge is -2.35. The molecule has 0 bridgehead atoms. The summed E-state index contributed by atoms with van der Waals surface area (Å²) in [5.74, 6) is 0.0747. The first-order valence-electron chi connectivity index (χ1n) is 18.5. The number of rotatable bonds is 8. The molecule has 2 amide bonds. The van der Waals surface area contributed by atoms with E-state index in [9.17, 15) is 18.0 Å². The Hall–Kier alpha value is -4.53. The summed E-state index contributed by atoms with van der Waals surface area (Å²) in [6.45, 7) is 9.20. The lowest BCUT2D eigenvalue weighted by atomic mass is 9.81. The van der Waals surface area contributed by atoms with E-state index in [0.717, 1.165) is 63.3 Å². The molecule has 4 heterocycles. The van der Waals surface area contributed by atoms with Crippen LogP contribution in [0.15, 0.2) is 36.4 Å². The summed E-state index contributed by atoms with van der Waals surface area (Å²) in [4.78, 5) is 29.7. The first-order chi connectivity index (χ1) is 25.3. The molecule has 3 aliphatic rings. The van der Waals surface area contributed by atoms with Gasteiger partial charge in [0.25, 0.3) is 11.8 Å². The molecule has 2 aromatic heterocycles. The highest BCUT2D eigenvalue weighted by molar-refractivity contribution is 7.87. The summed E-state index contributed by atoms with van der Waals surface area (Å²) < 4.78 is 44.2. The number of ether oxygens (including phenoxy) is 2. The topological polar surface area (TPSA) is 141 Å². The zero-order valence-electron chi connectivity index (χ0n) is 31.5. The average Bonchev–Trinajstić information content (AvgIpc) is 3.66. The molecule has 0 unspecified atom stereocenters. The molecule has 1 N–H and O–H groups in total. The summed E-state index contributed by atoms with van der Waals surface area (Å²) in [5.41, 5.74) is 6.95. The average molecular weight is 744 g/mol. The summed E-state index contributed by atoms with van der Waals surface area (Å²) in [5, 5.41) is 10.1. The molecule has 4 aromatic rings. The smallest absolute Gasteiger partial charge is 0.303 e. The highest BCUT2D eigenvalue weighted by atomic mass is 32.2. The Balaban J connectivity index is 1.46. The molecule has 2 aromatic carbocycles. The first kappa shape index (κ1) is 36.8. The fourth-order valence-electron chi connectivity index (χ4n) is 8.19. The van der Waals surface area contributed by atoms with Crippen molar-refractivity contribution in [1.29, 1.82) is 0 Å². The van der Waals surface area contributed by atoms with E-state index in [1.807, 2.05) is 50.6 Å². The molecule has 1 saturated carbocycles. The highest BCUT2D eigenvalue weighted by Gasteiger charge is 2.35. The van der Waals surface area contributed by atoms with Crippen LogP contribution in [-0.2, 0) is 21.5 Å². The van der Waals surface area contributed by atoms with Gasteiger partial charge in [-0.25, -0.2) is 9.40 Å². The summed E-state index contributed by atoms with van der Waals surface area (Å²) in [6, 6.07) is 11.4. The minimum atomic E-state index is -4.02. The predicted octanol–water partition coefficient (Wildman–Crippen LogP) is 5.88. The third-order valence-electron chi connectivity index (χ3n) is 10.7. The number of allylic oxidation sites excluding steroid dienone is 1. The number of aromatic nitrogens is 4. The van der Waals surface area contributed by atoms with Gasteiger partial charge in [0.15, 0.2) is 5.69 Å². The molecule has 14 heteroatoms. The minimum absolute atomic E-state index is 0.108. The Morgan fingerprint density at radius 3 is 2.38 bits per heavy atom. The van der Waals surface area contributed by atoms with Gasteiger partial charge in [-0.3, -0.25) is 9.59 Å². The Morgan fingerprint density at radius 1 is 1.00 bits per heavy atom. The fraction of sp³-hybridized carbons (Fsp3) is 0.487. The Morgan fingerprint density at radius 2 is 1.72 bits per heavy atom. The number of carbonyl (C=O) groups excluding carboxylic acids is 2. The number of amides is 2. The zero-order valence-corrected chi connectivity index (χ0v) is 32.4. The van der Waals surface area contributed by atoms with Crippen LogP contribution in [0.4, 0.5) is 0 Å². The van der Waals surface area contributed by atoms with E-state index >= 15 is 0 Å². The third-order valence-corrected chi connectivity index (χ3v) is 12.1. The maximum atomic E-state index is 14.4. The van der Waals surface area contributed by atoms with Crippen molar-refractivity contribution in [2.45, 2.75) is 90.5 Å². The second kappa shape index (κ2) is 14.4. The van der Waals surface area contributed by atoms with Gasteiger partial charge in [0.05, 0.1) is 37.3 Å². The second-order valence-electron chi connectivity index (χ2n) is 15.0. The quantitative estimate of drug-likeness (QED) is 0.236. The van der Waals surface area contributed by atoms with Crippen LogP contribution in [0.1, 0.15) is 109 Å². The van der Waals surface area contributed by atoms with Crippen LogP contribution < -0.4 is 9.46 Å². The van der Waals surface area contributed by atoms with Gasteiger partial charge < -0.3 is 18.9 Å². The van der Waals surface area contributed by atoms with E-state index in [0.29, 0.717) is 31.1 Å². The highest BCUT2D eigenvalue weighted by Crippen LogP contribution is 2.48. The number of hydrogen-bond acceptors (Lipinski definition) is 8. The number of nitrogens with zero attached hydrogens (tertiary/aromatic N) is 6. The maximum Gasteiger partial charge on any atom is 0.303 e. The van der Waals surface area contributed by atoms with Gasteiger partial charge in [-0.15, -0.1) is 5.10 Å². The molecular weight excluding hydrogens is 695 g/mol. The van der Waals surface area contributed by atoms with Crippen molar-refractivity contribution in [1.82, 2.24) is 33.5 Å². The van der Waals surface area contributed by atoms with Crippen molar-refractivity contribution in [3.05, 3.63) is 64.5 Å². The monoisotopic (exact) mass is 743 g/mol. The molecule has 53 heavy (non-hydrogen) atoms. The number of morpholine rings is 1. The number of methoxy groups -OCH3 is 1. The van der Waals surface area contributed by atoms with E-state index < -0.39 is 16.1 Å². The number of hydrogen-bond donors (Lipinski definition) is 1. The van der Waals surface area contributed by atoms with Gasteiger partial charge in [-0.2, -0.15) is 12.7 Å². The van der Waals surface area contributed by atoms with E-state index in [1.54, 1.807) is 24.1 Å². The molecule has 0 radical (unpaired) electrons. The van der Waals surface area contributed by atoms with Gasteiger partial charge >= 0.3 is 10.2 Å². The van der Waals surface area contributed by atoms with E-state index in [4.69, 9.17) is 9.47 Å². The van der Waals surface area contributed by atoms with Crippen LogP contribution in [0, 0.1) is 0 Å². The summed E-state index contributed by atoms with van der Waals surface area (Å²) in [6.07, 6.45) is 7.41. The van der Waals surface area contributed by atoms with Gasteiger partial charge in [-0.1, -0.05) is 30.5 Å². The Labute approximate surface area is 311 Å². The molecule has 13 nitrogen and oxygen atoms in total. The second-order valence-corrected chi connectivity index (χ2v) is 16.9. The largest absolute Gasteiger partial charge is 0.497 e. The molecule has 7 rings (SSSR count). The normalized spacial score (nSPS) is 19.6. The molecule has 1 saturated heterocycles. The maximum absolute atomic E-state index is 14.4. The summed E-state index contributed by atoms with van der Waals surface area (Å²) in [7, 11) is 0.380. The van der Waals surface area contributed by atoms with Crippen molar-refractivity contribution >= 4 is 44.6 Å². The lowest BCUT2D eigenvalue weighted by molar-refractivity contribution is -0.0587. The van der Waals surface area contributed by atoms with Crippen molar-refractivity contribution in [2.75, 3.05) is 34.3 Å². The molecule has 0 spiro atoms. The first-order valence-corrected chi connectivity index (χ1v) is 19.9. The molecule has 2 fully saturated rings. The van der Waals surface area contributed by atoms with Crippen molar-refractivity contribution in [2.24, 2.45) is 0 Å². The molecule has 282 valence electrons. The van der Waals surface area contributed by atoms with Crippen molar-refractivity contribution in [3.63, 3.8) is 0 Å². The zero-order chi connectivity index (χ0) is 37.8. The summed E-state index contributed by atoms with van der Waals surface area (Å²) >= 11 is 0. The number of carbonyl (C=O) groups is 2. The minimum Gasteiger partial charge on any atom is -0.497 e. The van der Waals surface area contributed by atoms with Gasteiger partial charge in [-0.05, 0) is 94.0 Å². The van der Waals surface area contributed by atoms with Crippen LogP contribution in [0.2, 0.25) is 0 Å². The Bertz CT molecular complexity index is 2200. The molecular formula is C39H49N7O6S. The van der Waals surface area contributed by atoms with E-state index in [1.165, 1.54) is 26.1 Å². The fourth-order valence-corrected chi connectivity index (χ4v) is 8.72. The van der Waals surface area contributed by atoms with Gasteiger partial charge in [0.1, 0.15) is 5.75 Å². The molecule has 2 aliphatic heterocycles. The predicted molar refractivity (Wildman–Crippen MR) is 204 cm³/mol. The van der Waals surface area contributed by atoms with Crippen LogP contribution in [0.25, 0.3) is 33.8 Å². The van der Waals surface area contributed by atoms with E-state index in [-0.39, 0.29) is 41.3 Å². The third kappa shape index (κ3) is 6.88. The SMILES string of the molecule is COc1ccc2c(c1)C=C(c1c(C(=O)N3C[C@@H](C)O[C@@H](C)C3)nnn1C(C)C)Cn1c-2c(C2CCCCC2)c2ccc(C(=O)NS(=O)(=O)N(C)C)cc21. The van der Waals surface area contributed by atoms with Crippen molar-refractivity contribution < 1.29 is 27.5 Å². The van der Waals surface area contributed by atoms with E-state index in [2.05, 4.69) is 31.7 Å². The Kier molecular flexibility index (Phi) is 9.98. The number of benzene rings is 2. The number of fused-ring (bicyclic) bond motifs is 5. The van der Waals surface area contributed by atoms with Crippen LogP contribution in [0.5, 0.6) is 5.75 Å². The van der Waals surface area contributed by atoms with Gasteiger partial charge in [0, 0.05) is 60.8 Å². The standard InChI is InChI=1S/C39H49N7O6S/c1-23(2)46-36(35(40-42-46)39(48)44-20-24(3)52-25(4)21-44)29-17-28-18-30(51-7)14-16-31(28)37-34(26-11-9-8-10-12-26)32-15-13-27(19-33(32)45(37)22-29)38(47)41-53(49,50)43(5)6/h13-19,23-26H,8-12,20-22H2,1-7H3,(H,41,47)/t24-,25+. The van der Waals surface area contributed by atoms with Gasteiger partial charge in [0.2, 0.25) is 0 Å².